The molecule has 38 heavy (non-hydrogen) atoms. The summed E-state index contributed by atoms with van der Waals surface area (Å²) >= 11 is 0. The molecular weight excluding hydrogens is 519 g/mol. The van der Waals surface area contributed by atoms with E-state index in [0.29, 0.717) is 18.8 Å². The van der Waals surface area contributed by atoms with E-state index >= 15 is 0 Å². The summed E-state index contributed by atoms with van der Waals surface area (Å²) in [5.41, 5.74) is 4.89. The average Bonchev–Trinajstić information content (AvgIpc) is 3.38. The van der Waals surface area contributed by atoms with Crippen molar-refractivity contribution in [2.24, 2.45) is 17.8 Å². The van der Waals surface area contributed by atoms with Crippen molar-refractivity contribution >= 4 is 47.6 Å². The van der Waals surface area contributed by atoms with Gasteiger partial charge in [0.05, 0.1) is 30.4 Å². The number of halogens is 2. The first-order chi connectivity index (χ1) is 17.5. The summed E-state index contributed by atoms with van der Waals surface area (Å²) in [5.74, 6) is 3.10. The standard InChI is InChI=1S/C30H34N4O2.2ClH/c1-32(30-15-21-12-22(16-30)14-23(13-21)17-30)19-24-27(28(35)36-2)34-26-11-7-6-10-25(26)33(29(34)31-24)18-20-8-4-3-5-9-20;;/h3-11,21-23H,12-19H2,1-2H3;2*1H. The van der Waals surface area contributed by atoms with Gasteiger partial charge in [0.2, 0.25) is 5.78 Å². The van der Waals surface area contributed by atoms with Crippen LogP contribution in [0.4, 0.5) is 0 Å². The van der Waals surface area contributed by atoms with Gasteiger partial charge in [-0.25, -0.2) is 9.78 Å². The van der Waals surface area contributed by atoms with Crippen molar-refractivity contribution < 1.29 is 9.53 Å². The minimum Gasteiger partial charge on any atom is -0.464 e. The van der Waals surface area contributed by atoms with Gasteiger partial charge in [0.25, 0.3) is 0 Å². The second kappa shape index (κ2) is 10.2. The minimum absolute atomic E-state index is 0. The van der Waals surface area contributed by atoms with Crippen LogP contribution in [-0.4, -0.2) is 44.5 Å². The number of hydrogen-bond acceptors (Lipinski definition) is 4. The third-order valence-corrected chi connectivity index (χ3v) is 9.35. The van der Waals surface area contributed by atoms with E-state index in [2.05, 4.69) is 52.9 Å². The molecule has 0 N–H and O–H groups in total. The van der Waals surface area contributed by atoms with Crippen LogP contribution in [0, 0.1) is 17.8 Å². The lowest BCUT2D eigenvalue weighted by atomic mass is 9.52. The van der Waals surface area contributed by atoms with Crippen molar-refractivity contribution in [2.75, 3.05) is 14.2 Å². The van der Waals surface area contributed by atoms with Gasteiger partial charge in [0, 0.05) is 12.1 Å². The average molecular weight is 556 g/mol. The summed E-state index contributed by atoms with van der Waals surface area (Å²) in [6, 6.07) is 18.7. The number of nitrogens with zero attached hydrogens (tertiary/aromatic N) is 4. The SMILES string of the molecule is COC(=O)c1c(CN(C)C23CC4CC(CC(C4)C2)C3)nc2n(Cc3ccccc3)c3ccccc3n12.Cl.Cl. The van der Waals surface area contributed by atoms with Gasteiger partial charge in [0.1, 0.15) is 0 Å². The van der Waals surface area contributed by atoms with Crippen LogP contribution in [0.3, 0.4) is 0 Å². The van der Waals surface area contributed by atoms with E-state index < -0.39 is 0 Å². The van der Waals surface area contributed by atoms with Gasteiger partial charge < -0.3 is 9.30 Å². The molecule has 4 aliphatic rings. The van der Waals surface area contributed by atoms with Gasteiger partial charge >= 0.3 is 5.97 Å². The summed E-state index contributed by atoms with van der Waals surface area (Å²) < 4.78 is 9.57. The van der Waals surface area contributed by atoms with E-state index in [1.54, 1.807) is 0 Å². The summed E-state index contributed by atoms with van der Waals surface area (Å²) in [6.07, 6.45) is 8.14. The summed E-state index contributed by atoms with van der Waals surface area (Å²) in [5, 5.41) is 0. The van der Waals surface area contributed by atoms with Crippen LogP contribution in [0.25, 0.3) is 16.8 Å². The molecule has 0 amide bonds. The number of methoxy groups -OCH3 is 1. The number of benzene rings is 2. The fraction of sp³-hybridized carbons (Fsp3) is 0.467. The number of carbonyl (C=O) groups is 1. The van der Waals surface area contributed by atoms with Gasteiger partial charge in [-0.3, -0.25) is 9.30 Å². The Balaban J connectivity index is 0.00000147. The van der Waals surface area contributed by atoms with Crippen molar-refractivity contribution in [3.8, 4) is 0 Å². The highest BCUT2D eigenvalue weighted by atomic mass is 35.5. The van der Waals surface area contributed by atoms with Crippen molar-refractivity contribution in [3.05, 3.63) is 71.5 Å². The van der Waals surface area contributed by atoms with E-state index in [1.807, 2.05) is 22.6 Å². The van der Waals surface area contributed by atoms with Gasteiger partial charge in [-0.1, -0.05) is 42.5 Å². The summed E-state index contributed by atoms with van der Waals surface area (Å²) in [6.45, 7) is 1.36. The largest absolute Gasteiger partial charge is 0.464 e. The van der Waals surface area contributed by atoms with Crippen molar-refractivity contribution in [3.63, 3.8) is 0 Å². The molecule has 0 aliphatic heterocycles. The van der Waals surface area contributed by atoms with E-state index in [4.69, 9.17) is 9.72 Å². The van der Waals surface area contributed by atoms with Crippen LogP contribution < -0.4 is 0 Å². The Bertz CT molecular complexity index is 1430. The number of aromatic nitrogens is 3. The number of carbonyl (C=O) groups excluding carboxylic acids is 1. The zero-order valence-corrected chi connectivity index (χ0v) is 23.6. The van der Waals surface area contributed by atoms with Gasteiger partial charge in [-0.05, 0) is 81.0 Å². The molecule has 8 rings (SSSR count). The fourth-order valence-corrected chi connectivity index (χ4v) is 8.11. The highest BCUT2D eigenvalue weighted by Gasteiger charge is 2.52. The van der Waals surface area contributed by atoms with Crippen LogP contribution in [0.15, 0.2) is 54.6 Å². The summed E-state index contributed by atoms with van der Waals surface area (Å²) in [7, 11) is 3.73. The van der Waals surface area contributed by atoms with Crippen LogP contribution in [0.2, 0.25) is 0 Å². The van der Waals surface area contributed by atoms with E-state index in [-0.39, 0.29) is 36.3 Å². The monoisotopic (exact) mass is 554 g/mol. The molecule has 6 nitrogen and oxygen atoms in total. The Morgan fingerprint density at radius 3 is 2.13 bits per heavy atom. The molecule has 4 saturated carbocycles. The van der Waals surface area contributed by atoms with E-state index in [9.17, 15) is 4.79 Å². The molecule has 4 bridgehead atoms. The zero-order chi connectivity index (χ0) is 24.4. The predicted molar refractivity (Wildman–Crippen MR) is 154 cm³/mol. The van der Waals surface area contributed by atoms with Crippen molar-refractivity contribution in [1.29, 1.82) is 0 Å². The third-order valence-electron chi connectivity index (χ3n) is 9.35. The van der Waals surface area contributed by atoms with Crippen LogP contribution in [-0.2, 0) is 17.8 Å². The molecule has 0 saturated heterocycles. The number of imidazole rings is 2. The maximum atomic E-state index is 13.2. The van der Waals surface area contributed by atoms with Crippen LogP contribution in [0.5, 0.6) is 0 Å². The lowest BCUT2D eigenvalue weighted by Crippen LogP contribution is -2.58. The van der Waals surface area contributed by atoms with Crippen molar-refractivity contribution in [2.45, 2.75) is 57.2 Å². The molecule has 0 unspecified atom stereocenters. The molecule has 0 atom stereocenters. The van der Waals surface area contributed by atoms with Crippen molar-refractivity contribution in [1.82, 2.24) is 18.9 Å². The lowest BCUT2D eigenvalue weighted by molar-refractivity contribution is -0.0825. The Morgan fingerprint density at radius 2 is 1.53 bits per heavy atom. The van der Waals surface area contributed by atoms with Gasteiger partial charge in [0.15, 0.2) is 5.69 Å². The molecule has 8 heteroatoms. The predicted octanol–water partition coefficient (Wildman–Crippen LogP) is 6.37. The Morgan fingerprint density at radius 1 is 0.947 bits per heavy atom. The molecule has 2 aromatic carbocycles. The molecule has 2 aromatic heterocycles. The molecule has 0 radical (unpaired) electrons. The first-order valence-electron chi connectivity index (χ1n) is 13.4. The normalized spacial score (nSPS) is 25.5. The smallest absolute Gasteiger partial charge is 0.357 e. The number of fused-ring (bicyclic) bond motifs is 3. The maximum absolute atomic E-state index is 13.2. The topological polar surface area (TPSA) is 51.8 Å². The first-order valence-corrected chi connectivity index (χ1v) is 13.4. The minimum atomic E-state index is -0.320. The second-order valence-corrected chi connectivity index (χ2v) is 11.6. The zero-order valence-electron chi connectivity index (χ0n) is 22.0. The lowest BCUT2D eigenvalue weighted by Gasteiger charge is -2.60. The summed E-state index contributed by atoms with van der Waals surface area (Å²) in [4.78, 5) is 20.9. The molecule has 4 fully saturated rings. The van der Waals surface area contributed by atoms with Crippen LogP contribution >= 0.6 is 24.8 Å². The number of rotatable bonds is 6. The number of para-hydroxylation sites is 2. The van der Waals surface area contributed by atoms with Crippen LogP contribution in [0.1, 0.15) is 60.3 Å². The Hall–Kier alpha value is -2.54. The maximum Gasteiger partial charge on any atom is 0.357 e. The third kappa shape index (κ3) is 4.21. The first kappa shape index (κ1) is 27.0. The van der Waals surface area contributed by atoms with E-state index in [1.165, 1.54) is 51.2 Å². The highest BCUT2D eigenvalue weighted by Crippen LogP contribution is 2.57. The Labute approximate surface area is 236 Å². The molecular formula is C30H36Cl2N4O2. The van der Waals surface area contributed by atoms with Gasteiger partial charge in [-0.15, -0.1) is 24.8 Å². The highest BCUT2D eigenvalue weighted by molar-refractivity contribution is 5.94. The fourth-order valence-electron chi connectivity index (χ4n) is 8.11. The quantitative estimate of drug-likeness (QED) is 0.260. The Kier molecular flexibility index (Phi) is 7.27. The molecule has 202 valence electrons. The van der Waals surface area contributed by atoms with Gasteiger partial charge in [-0.2, -0.15) is 0 Å². The molecule has 2 heterocycles. The number of esters is 1. The van der Waals surface area contributed by atoms with E-state index in [0.717, 1.165) is 40.3 Å². The molecule has 4 aliphatic carbocycles. The molecule has 4 aromatic rings. The molecule has 0 spiro atoms. The number of hydrogen-bond donors (Lipinski definition) is 0. The second-order valence-electron chi connectivity index (χ2n) is 11.6. The number of ether oxygens (including phenoxy) is 1.